The Morgan fingerprint density at radius 3 is 1.91 bits per heavy atom. The summed E-state index contributed by atoms with van der Waals surface area (Å²) in [6.07, 6.45) is -0.208. The molecule has 32 heavy (non-hydrogen) atoms. The molecule has 0 spiro atoms. The quantitative estimate of drug-likeness (QED) is 0.601. The van der Waals surface area contributed by atoms with Gasteiger partial charge < -0.3 is 15.5 Å². The number of hydrogen-bond donors (Lipinski definition) is 2. The van der Waals surface area contributed by atoms with E-state index in [1.807, 2.05) is 0 Å². The molecule has 0 bridgehead atoms. The van der Waals surface area contributed by atoms with Crippen molar-refractivity contribution < 1.29 is 22.8 Å². The Labute approximate surface area is 186 Å². The number of amides is 3. The molecule has 2 N–H and O–H groups in total. The first kappa shape index (κ1) is 23.6. The zero-order valence-electron chi connectivity index (χ0n) is 18.3. The summed E-state index contributed by atoms with van der Waals surface area (Å²) in [4.78, 5) is 27.1. The van der Waals surface area contributed by atoms with Gasteiger partial charge in [-0.15, -0.1) is 0 Å². The molecular weight excluding hydrogens is 419 g/mol. The van der Waals surface area contributed by atoms with Gasteiger partial charge in [-0.25, -0.2) is 4.79 Å². The van der Waals surface area contributed by atoms with E-state index in [0.717, 1.165) is 50.9 Å². The molecule has 0 aromatic heterocycles. The molecule has 0 unspecified atom stereocenters. The number of alkyl halides is 3. The molecule has 2 aromatic rings. The van der Waals surface area contributed by atoms with E-state index >= 15 is 0 Å². The van der Waals surface area contributed by atoms with Crippen LogP contribution in [0.1, 0.15) is 50.7 Å². The van der Waals surface area contributed by atoms with Crippen molar-refractivity contribution in [1.82, 2.24) is 4.90 Å². The van der Waals surface area contributed by atoms with Crippen molar-refractivity contribution in [2.45, 2.75) is 51.1 Å². The zero-order chi connectivity index (χ0) is 23.4. The lowest BCUT2D eigenvalue weighted by molar-refractivity contribution is -0.137. The zero-order valence-corrected chi connectivity index (χ0v) is 18.3. The number of likely N-dealkylation sites (tertiary alicyclic amines) is 1. The van der Waals surface area contributed by atoms with Crippen molar-refractivity contribution in [1.29, 1.82) is 0 Å². The van der Waals surface area contributed by atoms with E-state index in [1.165, 1.54) is 12.1 Å². The molecule has 1 aliphatic heterocycles. The van der Waals surface area contributed by atoms with Gasteiger partial charge in [0, 0.05) is 24.5 Å². The molecule has 0 saturated carbocycles. The van der Waals surface area contributed by atoms with Gasteiger partial charge in [0.1, 0.15) is 0 Å². The summed E-state index contributed by atoms with van der Waals surface area (Å²) in [5, 5.41) is 5.61. The largest absolute Gasteiger partial charge is 0.416 e. The van der Waals surface area contributed by atoms with Crippen molar-refractivity contribution >= 4 is 23.3 Å². The number of carbonyl (C=O) groups excluding carboxylic acids is 2. The number of urea groups is 1. The first-order valence-electron chi connectivity index (χ1n) is 10.7. The van der Waals surface area contributed by atoms with Crippen LogP contribution in [-0.4, -0.2) is 29.9 Å². The number of anilines is 2. The Balaban J connectivity index is 1.64. The third-order valence-corrected chi connectivity index (χ3v) is 5.77. The van der Waals surface area contributed by atoms with Crippen LogP contribution in [0.15, 0.2) is 48.5 Å². The van der Waals surface area contributed by atoms with E-state index in [2.05, 4.69) is 10.6 Å². The fourth-order valence-electron chi connectivity index (χ4n) is 3.62. The van der Waals surface area contributed by atoms with Crippen molar-refractivity contribution in [2.75, 3.05) is 23.7 Å². The summed E-state index contributed by atoms with van der Waals surface area (Å²) < 4.78 is 39.1. The highest BCUT2D eigenvalue weighted by molar-refractivity contribution is 5.99. The Morgan fingerprint density at radius 1 is 0.812 bits per heavy atom. The monoisotopic (exact) mass is 447 g/mol. The minimum Gasteiger partial charge on any atom is -0.325 e. The number of nitrogens with zero attached hydrogens (tertiary/aromatic N) is 1. The van der Waals surface area contributed by atoms with Crippen molar-refractivity contribution in [3.63, 3.8) is 0 Å². The average molecular weight is 448 g/mol. The molecule has 2 aromatic carbocycles. The number of hydrogen-bond acceptors (Lipinski definition) is 2. The summed E-state index contributed by atoms with van der Waals surface area (Å²) >= 11 is 0. The summed E-state index contributed by atoms with van der Waals surface area (Å²) in [5.41, 5.74) is -0.607. The molecule has 1 aliphatic rings. The number of benzene rings is 2. The molecular formula is C24H28F3N3O2. The predicted molar refractivity (Wildman–Crippen MR) is 119 cm³/mol. The molecule has 8 heteroatoms. The molecule has 0 radical (unpaired) electrons. The van der Waals surface area contributed by atoms with Crippen LogP contribution < -0.4 is 10.6 Å². The average Bonchev–Trinajstić information content (AvgIpc) is 3.04. The van der Waals surface area contributed by atoms with Crippen molar-refractivity contribution in [3.05, 3.63) is 59.7 Å². The minimum atomic E-state index is -4.48. The van der Waals surface area contributed by atoms with E-state index in [9.17, 15) is 22.8 Å². The van der Waals surface area contributed by atoms with Crippen LogP contribution in [-0.2, 0) is 16.4 Å². The predicted octanol–water partition coefficient (Wildman–Crippen LogP) is 6.03. The molecule has 3 rings (SSSR count). The second kappa shape index (κ2) is 9.63. The lowest BCUT2D eigenvalue weighted by atomic mass is 9.83. The highest BCUT2D eigenvalue weighted by Gasteiger charge is 2.35. The molecule has 172 valence electrons. The van der Waals surface area contributed by atoms with E-state index in [4.69, 9.17) is 0 Å². The number of halogens is 3. The van der Waals surface area contributed by atoms with Gasteiger partial charge in [0.15, 0.2) is 0 Å². The molecule has 1 fully saturated rings. The topological polar surface area (TPSA) is 61.4 Å². The molecule has 0 aliphatic carbocycles. The SMILES string of the molecule is CC(C)(C(=O)Nc1ccc(NC(=O)N2CCCCCC2)cc1)c1cccc(C(F)(F)F)c1. The van der Waals surface area contributed by atoms with Crippen LogP contribution in [0.5, 0.6) is 0 Å². The summed E-state index contributed by atoms with van der Waals surface area (Å²) in [5.74, 6) is -0.432. The highest BCUT2D eigenvalue weighted by atomic mass is 19.4. The maximum atomic E-state index is 13.0. The molecule has 3 amide bonds. The van der Waals surface area contributed by atoms with Gasteiger partial charge in [-0.3, -0.25) is 4.79 Å². The van der Waals surface area contributed by atoms with Crippen LogP contribution in [0.4, 0.5) is 29.3 Å². The lowest BCUT2D eigenvalue weighted by Gasteiger charge is -2.25. The first-order valence-corrected chi connectivity index (χ1v) is 10.7. The van der Waals surface area contributed by atoms with Gasteiger partial charge >= 0.3 is 12.2 Å². The highest BCUT2D eigenvalue weighted by Crippen LogP contribution is 2.33. The van der Waals surface area contributed by atoms with Gasteiger partial charge in [-0.2, -0.15) is 13.2 Å². The van der Waals surface area contributed by atoms with Crippen LogP contribution in [0, 0.1) is 0 Å². The second-order valence-corrected chi connectivity index (χ2v) is 8.57. The minimum absolute atomic E-state index is 0.144. The Kier molecular flexibility index (Phi) is 7.11. The van der Waals surface area contributed by atoms with Gasteiger partial charge in [0.05, 0.1) is 11.0 Å². The van der Waals surface area contributed by atoms with E-state index in [-0.39, 0.29) is 11.6 Å². The van der Waals surface area contributed by atoms with Crippen molar-refractivity contribution in [3.8, 4) is 0 Å². The van der Waals surface area contributed by atoms with Gasteiger partial charge in [0.2, 0.25) is 5.91 Å². The maximum Gasteiger partial charge on any atom is 0.416 e. The van der Waals surface area contributed by atoms with Crippen LogP contribution in [0.2, 0.25) is 0 Å². The second-order valence-electron chi connectivity index (χ2n) is 8.57. The summed E-state index contributed by atoms with van der Waals surface area (Å²) in [7, 11) is 0. The van der Waals surface area contributed by atoms with Gasteiger partial charge in [0.25, 0.3) is 0 Å². The third-order valence-electron chi connectivity index (χ3n) is 5.77. The standard InChI is InChI=1S/C24H28F3N3O2/c1-23(2,17-8-7-9-18(16-17)24(25,26)27)21(31)28-19-10-12-20(13-11-19)29-22(32)30-14-5-3-4-6-15-30/h7-13,16H,3-6,14-15H2,1-2H3,(H,28,31)(H,29,32). The number of carbonyl (C=O) groups is 2. The molecule has 1 heterocycles. The maximum absolute atomic E-state index is 13.0. The molecule has 1 saturated heterocycles. The third kappa shape index (κ3) is 5.81. The lowest BCUT2D eigenvalue weighted by Crippen LogP contribution is -2.35. The number of rotatable bonds is 4. The summed E-state index contributed by atoms with van der Waals surface area (Å²) in [6.45, 7) is 4.64. The Bertz CT molecular complexity index is 948. The van der Waals surface area contributed by atoms with Gasteiger partial charge in [-0.1, -0.05) is 31.0 Å². The summed E-state index contributed by atoms with van der Waals surface area (Å²) in [6, 6.07) is 11.3. The first-order chi connectivity index (χ1) is 15.1. The Hall–Kier alpha value is -3.03. The fourth-order valence-corrected chi connectivity index (χ4v) is 3.62. The smallest absolute Gasteiger partial charge is 0.325 e. The number of nitrogens with one attached hydrogen (secondary N) is 2. The van der Waals surface area contributed by atoms with Gasteiger partial charge in [-0.05, 0) is 62.6 Å². The van der Waals surface area contributed by atoms with Crippen LogP contribution in [0.3, 0.4) is 0 Å². The van der Waals surface area contributed by atoms with Crippen LogP contribution in [0.25, 0.3) is 0 Å². The van der Waals surface area contributed by atoms with Crippen molar-refractivity contribution in [2.24, 2.45) is 0 Å². The van der Waals surface area contributed by atoms with E-state index in [0.29, 0.717) is 11.4 Å². The van der Waals surface area contributed by atoms with Crippen LogP contribution >= 0.6 is 0 Å². The molecule has 5 nitrogen and oxygen atoms in total. The van der Waals surface area contributed by atoms with E-state index in [1.54, 1.807) is 43.0 Å². The normalized spacial score (nSPS) is 15.1. The molecule has 0 atom stereocenters. The van der Waals surface area contributed by atoms with E-state index < -0.39 is 23.1 Å². The Morgan fingerprint density at radius 2 is 1.34 bits per heavy atom. The fraction of sp³-hybridized carbons (Fsp3) is 0.417.